The third kappa shape index (κ3) is 4.53. The lowest BCUT2D eigenvalue weighted by Crippen LogP contribution is -2.42. The molecule has 0 heterocycles. The monoisotopic (exact) mass is 296 g/mol. The lowest BCUT2D eigenvalue weighted by molar-refractivity contribution is -0.129. The number of halogens is 1. The maximum Gasteiger partial charge on any atom is 0.257 e. The first kappa shape index (κ1) is 17.1. The maximum absolute atomic E-state index is 14.1. The Kier molecular flexibility index (Phi) is 6.30. The van der Waals surface area contributed by atoms with Gasteiger partial charge in [-0.25, -0.2) is 4.39 Å². The molecule has 0 radical (unpaired) electrons. The molecule has 0 aromatic heterocycles. The van der Waals surface area contributed by atoms with Gasteiger partial charge in [-0.15, -0.1) is 0 Å². The van der Waals surface area contributed by atoms with Crippen LogP contribution in [0.15, 0.2) is 18.2 Å². The Bertz CT molecular complexity index is 518. The molecule has 21 heavy (non-hydrogen) atoms. The second-order valence-corrected chi connectivity index (χ2v) is 4.94. The minimum atomic E-state index is -0.554. The molecule has 0 spiro atoms. The van der Waals surface area contributed by atoms with Crippen molar-refractivity contribution in [3.8, 4) is 0 Å². The van der Waals surface area contributed by atoms with E-state index in [2.05, 4.69) is 0 Å². The second kappa shape index (κ2) is 7.73. The highest BCUT2D eigenvalue weighted by Crippen LogP contribution is 2.14. The van der Waals surface area contributed by atoms with E-state index < -0.39 is 11.7 Å². The van der Waals surface area contributed by atoms with Gasteiger partial charge in [-0.1, -0.05) is 12.1 Å². The van der Waals surface area contributed by atoms with Crippen LogP contribution in [-0.2, 0) is 9.53 Å². The summed E-state index contributed by atoms with van der Waals surface area (Å²) in [7, 11) is 4.72. The van der Waals surface area contributed by atoms with Crippen molar-refractivity contribution in [1.82, 2.24) is 9.80 Å². The summed E-state index contributed by atoms with van der Waals surface area (Å²) in [6, 6.07) is 4.63. The van der Waals surface area contributed by atoms with Crippen LogP contribution in [-0.4, -0.2) is 62.5 Å². The van der Waals surface area contributed by atoms with E-state index in [1.807, 2.05) is 0 Å². The van der Waals surface area contributed by atoms with Gasteiger partial charge in [0.15, 0.2) is 0 Å². The topological polar surface area (TPSA) is 49.9 Å². The number of methoxy groups -OCH3 is 1. The highest BCUT2D eigenvalue weighted by molar-refractivity contribution is 5.96. The molecular weight excluding hydrogens is 275 g/mol. The van der Waals surface area contributed by atoms with Crippen LogP contribution in [0.25, 0.3) is 0 Å². The Hall–Kier alpha value is -1.95. The zero-order valence-electron chi connectivity index (χ0n) is 12.9. The molecule has 0 aliphatic rings. The number of benzene rings is 1. The third-order valence-electron chi connectivity index (χ3n) is 3.10. The molecule has 0 unspecified atom stereocenters. The molecule has 1 rings (SSSR count). The van der Waals surface area contributed by atoms with E-state index in [1.54, 1.807) is 33.2 Å². The van der Waals surface area contributed by atoms with Gasteiger partial charge in [-0.05, 0) is 18.6 Å². The van der Waals surface area contributed by atoms with Crippen LogP contribution >= 0.6 is 0 Å². The van der Waals surface area contributed by atoms with Crippen molar-refractivity contribution < 1.29 is 18.7 Å². The van der Waals surface area contributed by atoms with Gasteiger partial charge in [0.2, 0.25) is 5.91 Å². The van der Waals surface area contributed by atoms with E-state index >= 15 is 0 Å². The Morgan fingerprint density at radius 3 is 2.52 bits per heavy atom. The first-order valence-corrected chi connectivity index (χ1v) is 6.62. The number of carbonyl (C=O) groups is 2. The van der Waals surface area contributed by atoms with Crippen LogP contribution in [0, 0.1) is 12.7 Å². The molecule has 5 nitrogen and oxygen atoms in total. The van der Waals surface area contributed by atoms with E-state index in [-0.39, 0.29) is 31.2 Å². The van der Waals surface area contributed by atoms with Crippen molar-refractivity contribution in [3.63, 3.8) is 0 Å². The van der Waals surface area contributed by atoms with Crippen molar-refractivity contribution >= 4 is 11.8 Å². The average Bonchev–Trinajstić information content (AvgIpc) is 2.45. The largest absolute Gasteiger partial charge is 0.383 e. The minimum Gasteiger partial charge on any atom is -0.383 e. The summed E-state index contributed by atoms with van der Waals surface area (Å²) in [6.45, 7) is 1.99. The SMILES string of the molecule is COCCN(CC(=O)N(C)C)C(=O)c1cccc(C)c1F. The third-order valence-corrected chi connectivity index (χ3v) is 3.10. The minimum absolute atomic E-state index is 0.0299. The molecule has 0 atom stereocenters. The number of amides is 2. The molecule has 0 aliphatic heterocycles. The van der Waals surface area contributed by atoms with E-state index in [4.69, 9.17) is 4.74 Å². The molecule has 116 valence electrons. The van der Waals surface area contributed by atoms with Crippen molar-refractivity contribution in [2.75, 3.05) is 40.9 Å². The Labute approximate surface area is 124 Å². The number of hydrogen-bond acceptors (Lipinski definition) is 3. The summed E-state index contributed by atoms with van der Waals surface area (Å²) in [5, 5.41) is 0. The van der Waals surface area contributed by atoms with Crippen molar-refractivity contribution in [2.24, 2.45) is 0 Å². The summed E-state index contributed by atoms with van der Waals surface area (Å²) >= 11 is 0. The van der Waals surface area contributed by atoms with Gasteiger partial charge >= 0.3 is 0 Å². The van der Waals surface area contributed by atoms with Gasteiger partial charge in [-0.2, -0.15) is 0 Å². The zero-order chi connectivity index (χ0) is 16.0. The van der Waals surface area contributed by atoms with Crippen LogP contribution in [0.5, 0.6) is 0 Å². The lowest BCUT2D eigenvalue weighted by Gasteiger charge is -2.24. The van der Waals surface area contributed by atoms with Gasteiger partial charge in [0.05, 0.1) is 12.2 Å². The first-order valence-electron chi connectivity index (χ1n) is 6.62. The number of ether oxygens (including phenoxy) is 1. The zero-order valence-corrected chi connectivity index (χ0v) is 12.9. The highest BCUT2D eigenvalue weighted by Gasteiger charge is 2.22. The van der Waals surface area contributed by atoms with Crippen molar-refractivity contribution in [1.29, 1.82) is 0 Å². The van der Waals surface area contributed by atoms with Crippen LogP contribution in [0.3, 0.4) is 0 Å². The summed E-state index contributed by atoms with van der Waals surface area (Å²) in [4.78, 5) is 26.9. The molecule has 2 amide bonds. The summed E-state index contributed by atoms with van der Waals surface area (Å²) < 4.78 is 19.0. The van der Waals surface area contributed by atoms with E-state index in [0.29, 0.717) is 5.56 Å². The van der Waals surface area contributed by atoms with Crippen molar-refractivity contribution in [2.45, 2.75) is 6.92 Å². The molecule has 0 bridgehead atoms. The maximum atomic E-state index is 14.1. The number of likely N-dealkylation sites (N-methyl/N-ethyl adjacent to an activating group) is 1. The number of aryl methyl sites for hydroxylation is 1. The van der Waals surface area contributed by atoms with Crippen LogP contribution < -0.4 is 0 Å². The molecular formula is C15H21FN2O3. The predicted octanol–water partition coefficient (Wildman–Crippen LogP) is 1.31. The summed E-state index contributed by atoms with van der Waals surface area (Å²) in [5.41, 5.74) is 0.365. The van der Waals surface area contributed by atoms with E-state index in [1.165, 1.54) is 23.0 Å². The molecule has 0 fully saturated rings. The normalized spacial score (nSPS) is 10.3. The lowest BCUT2D eigenvalue weighted by atomic mass is 10.1. The standard InChI is InChI=1S/C15H21FN2O3/c1-11-6-5-7-12(14(11)16)15(20)18(8-9-21-4)10-13(19)17(2)3/h5-7H,8-10H2,1-4H3. The van der Waals surface area contributed by atoms with Crippen LogP contribution in [0.4, 0.5) is 4.39 Å². The van der Waals surface area contributed by atoms with E-state index in [9.17, 15) is 14.0 Å². The van der Waals surface area contributed by atoms with Crippen LogP contribution in [0.1, 0.15) is 15.9 Å². The van der Waals surface area contributed by atoms with Gasteiger partial charge in [0.1, 0.15) is 12.4 Å². The highest BCUT2D eigenvalue weighted by atomic mass is 19.1. The Morgan fingerprint density at radius 2 is 1.95 bits per heavy atom. The number of rotatable bonds is 6. The molecule has 1 aromatic rings. The molecule has 0 saturated heterocycles. The summed E-state index contributed by atoms with van der Waals surface area (Å²) in [5.74, 6) is -1.29. The van der Waals surface area contributed by atoms with Gasteiger partial charge in [0.25, 0.3) is 5.91 Å². The van der Waals surface area contributed by atoms with Gasteiger partial charge in [0, 0.05) is 27.7 Å². The first-order chi connectivity index (χ1) is 9.88. The predicted molar refractivity (Wildman–Crippen MR) is 77.6 cm³/mol. The molecule has 1 aromatic carbocycles. The second-order valence-electron chi connectivity index (χ2n) is 4.94. The van der Waals surface area contributed by atoms with Crippen LogP contribution in [0.2, 0.25) is 0 Å². The fourth-order valence-electron chi connectivity index (χ4n) is 1.74. The molecule has 6 heteroatoms. The molecule has 0 N–H and O–H groups in total. The van der Waals surface area contributed by atoms with Gasteiger partial charge < -0.3 is 14.5 Å². The van der Waals surface area contributed by atoms with E-state index in [0.717, 1.165) is 0 Å². The van der Waals surface area contributed by atoms with Crippen molar-refractivity contribution in [3.05, 3.63) is 35.1 Å². The number of hydrogen-bond donors (Lipinski definition) is 0. The van der Waals surface area contributed by atoms with Gasteiger partial charge in [-0.3, -0.25) is 9.59 Å². The summed E-state index contributed by atoms with van der Waals surface area (Å²) in [6.07, 6.45) is 0. The molecule has 0 saturated carbocycles. The Balaban J connectivity index is 2.98. The smallest absolute Gasteiger partial charge is 0.257 e. The number of nitrogens with zero attached hydrogens (tertiary/aromatic N) is 2. The Morgan fingerprint density at radius 1 is 1.29 bits per heavy atom. The fourth-order valence-corrected chi connectivity index (χ4v) is 1.74. The quantitative estimate of drug-likeness (QED) is 0.795. The number of carbonyl (C=O) groups excluding carboxylic acids is 2. The average molecular weight is 296 g/mol. The fraction of sp³-hybridized carbons (Fsp3) is 0.467. The molecule has 0 aliphatic carbocycles.